The van der Waals surface area contributed by atoms with E-state index in [4.69, 9.17) is 20.4 Å². The third-order valence-corrected chi connectivity index (χ3v) is 1.82. The first-order chi connectivity index (χ1) is 5.57. The van der Waals surface area contributed by atoms with Crippen LogP contribution in [0.25, 0.3) is 0 Å². The normalized spacial score (nSPS) is 49.2. The lowest BCUT2D eigenvalue weighted by Crippen LogP contribution is -2.56. The zero-order chi connectivity index (χ0) is 9.30. The van der Waals surface area contributed by atoms with E-state index in [-0.39, 0.29) is 0 Å². The topological polar surface area (TPSA) is 90.2 Å². The maximum atomic E-state index is 12.7. The minimum Gasteiger partial charge on any atom is -0.394 e. The van der Waals surface area contributed by atoms with E-state index in [1.807, 2.05) is 0 Å². The van der Waals surface area contributed by atoms with Gasteiger partial charge >= 0.3 is 0 Å². The number of aliphatic hydroxyl groups excluding tert-OH is 4. The van der Waals surface area contributed by atoms with Crippen LogP contribution in [0.5, 0.6) is 0 Å². The van der Waals surface area contributed by atoms with Gasteiger partial charge in [0.1, 0.15) is 18.3 Å². The molecule has 4 N–H and O–H groups in total. The van der Waals surface area contributed by atoms with Gasteiger partial charge in [0.15, 0.2) is 12.5 Å². The Morgan fingerprint density at radius 1 is 1.17 bits per heavy atom. The van der Waals surface area contributed by atoms with Gasteiger partial charge in [0.05, 0.1) is 6.61 Å². The van der Waals surface area contributed by atoms with Gasteiger partial charge in [-0.15, -0.1) is 0 Å². The van der Waals surface area contributed by atoms with E-state index in [2.05, 4.69) is 4.74 Å². The van der Waals surface area contributed by atoms with E-state index in [9.17, 15) is 4.39 Å². The van der Waals surface area contributed by atoms with Crippen molar-refractivity contribution in [1.82, 2.24) is 0 Å². The molecule has 1 heterocycles. The van der Waals surface area contributed by atoms with Crippen molar-refractivity contribution in [2.45, 2.75) is 30.8 Å². The fourth-order valence-corrected chi connectivity index (χ4v) is 1.06. The molecule has 0 radical (unpaired) electrons. The molecule has 0 bridgehead atoms. The molecule has 0 aliphatic carbocycles. The van der Waals surface area contributed by atoms with Crippen molar-refractivity contribution in [2.75, 3.05) is 6.61 Å². The first kappa shape index (κ1) is 9.82. The number of aliphatic hydroxyl groups is 4. The number of halogens is 1. The van der Waals surface area contributed by atoms with Crippen LogP contribution in [-0.4, -0.2) is 57.8 Å². The van der Waals surface area contributed by atoms with Crippen LogP contribution in [0.15, 0.2) is 0 Å². The average molecular weight is 182 g/mol. The molecule has 72 valence electrons. The Labute approximate surface area is 68.0 Å². The van der Waals surface area contributed by atoms with Gasteiger partial charge < -0.3 is 25.2 Å². The maximum absolute atomic E-state index is 12.7. The third kappa shape index (κ3) is 1.57. The van der Waals surface area contributed by atoms with E-state index >= 15 is 0 Å². The number of hydrogen-bond acceptors (Lipinski definition) is 5. The molecule has 0 aromatic carbocycles. The summed E-state index contributed by atoms with van der Waals surface area (Å²) in [6.07, 6.45) is -8.19. The summed E-state index contributed by atoms with van der Waals surface area (Å²) in [5, 5.41) is 35.3. The molecule has 5 nitrogen and oxygen atoms in total. The van der Waals surface area contributed by atoms with Crippen LogP contribution < -0.4 is 0 Å². The minimum absolute atomic E-state index is 0.581. The summed E-state index contributed by atoms with van der Waals surface area (Å²) < 4.78 is 17.1. The van der Waals surface area contributed by atoms with Gasteiger partial charge in [0.2, 0.25) is 0 Å². The van der Waals surface area contributed by atoms with E-state index < -0.39 is 37.4 Å². The SMILES string of the molecule is OC[C@H]1O[C@H](O)C(F)[C@@H](O)[C@@H]1O. The highest BCUT2D eigenvalue weighted by atomic mass is 19.1. The number of alkyl halides is 1. The van der Waals surface area contributed by atoms with Crippen LogP contribution in [0, 0.1) is 0 Å². The van der Waals surface area contributed by atoms with Crippen LogP contribution in [0.1, 0.15) is 0 Å². The Hall–Kier alpha value is -0.270. The summed E-state index contributed by atoms with van der Waals surface area (Å²) in [5.41, 5.74) is 0. The smallest absolute Gasteiger partial charge is 0.189 e. The molecule has 0 saturated carbocycles. The second kappa shape index (κ2) is 3.63. The first-order valence-electron chi connectivity index (χ1n) is 3.52. The van der Waals surface area contributed by atoms with E-state index in [1.165, 1.54) is 0 Å². The molecular formula is C6H11FO5. The third-order valence-electron chi connectivity index (χ3n) is 1.82. The molecule has 0 spiro atoms. The Kier molecular flexibility index (Phi) is 2.97. The minimum atomic E-state index is -2.04. The predicted molar refractivity (Wildman–Crippen MR) is 34.9 cm³/mol. The van der Waals surface area contributed by atoms with Gasteiger partial charge in [-0.1, -0.05) is 0 Å². The highest BCUT2D eigenvalue weighted by molar-refractivity contribution is 4.88. The molecule has 1 unspecified atom stereocenters. The van der Waals surface area contributed by atoms with Crippen molar-refractivity contribution in [3.05, 3.63) is 0 Å². The summed E-state index contributed by atoms with van der Waals surface area (Å²) in [6, 6.07) is 0. The van der Waals surface area contributed by atoms with Crippen LogP contribution in [0.4, 0.5) is 4.39 Å². The molecule has 0 aromatic heterocycles. The highest BCUT2D eigenvalue weighted by Crippen LogP contribution is 2.21. The van der Waals surface area contributed by atoms with Crippen molar-refractivity contribution in [1.29, 1.82) is 0 Å². The molecule has 0 amide bonds. The van der Waals surface area contributed by atoms with E-state index in [0.29, 0.717) is 0 Å². The molecule has 1 aliphatic rings. The van der Waals surface area contributed by atoms with E-state index in [0.717, 1.165) is 0 Å². The van der Waals surface area contributed by atoms with Crippen molar-refractivity contribution >= 4 is 0 Å². The Balaban J connectivity index is 2.63. The molecule has 1 rings (SSSR count). The van der Waals surface area contributed by atoms with Gasteiger partial charge in [-0.3, -0.25) is 0 Å². The standard InChI is InChI=1S/C6H11FO5/c7-3-5(10)4(9)2(1-8)12-6(3)11/h2-6,8-11H,1H2/t2-,3?,4-,5-,6+/m1/s1. The van der Waals surface area contributed by atoms with Gasteiger partial charge in [-0.05, 0) is 0 Å². The van der Waals surface area contributed by atoms with Crippen LogP contribution in [-0.2, 0) is 4.74 Å². The fourth-order valence-electron chi connectivity index (χ4n) is 1.06. The van der Waals surface area contributed by atoms with Crippen molar-refractivity contribution in [3.63, 3.8) is 0 Å². The van der Waals surface area contributed by atoms with Gasteiger partial charge in [0, 0.05) is 0 Å². The van der Waals surface area contributed by atoms with Gasteiger partial charge in [0.25, 0.3) is 0 Å². The van der Waals surface area contributed by atoms with Crippen LogP contribution in [0.2, 0.25) is 0 Å². The molecule has 0 aromatic rings. The molecule has 12 heavy (non-hydrogen) atoms. The second-order valence-corrected chi connectivity index (χ2v) is 2.67. The number of hydrogen-bond donors (Lipinski definition) is 4. The quantitative estimate of drug-likeness (QED) is 0.368. The average Bonchev–Trinajstić information content (AvgIpc) is 2.08. The maximum Gasteiger partial charge on any atom is 0.189 e. The lowest BCUT2D eigenvalue weighted by atomic mass is 10.0. The zero-order valence-corrected chi connectivity index (χ0v) is 6.17. The summed E-state index contributed by atoms with van der Waals surface area (Å²) in [5.74, 6) is 0. The fraction of sp³-hybridized carbons (Fsp3) is 1.00. The summed E-state index contributed by atoms with van der Waals surface area (Å²) >= 11 is 0. The van der Waals surface area contributed by atoms with Crippen molar-refractivity contribution in [2.24, 2.45) is 0 Å². The lowest BCUT2D eigenvalue weighted by Gasteiger charge is -2.36. The highest BCUT2D eigenvalue weighted by Gasteiger charge is 2.43. The van der Waals surface area contributed by atoms with Crippen molar-refractivity contribution in [3.8, 4) is 0 Å². The Morgan fingerprint density at radius 3 is 2.25 bits per heavy atom. The summed E-state index contributed by atoms with van der Waals surface area (Å²) in [7, 11) is 0. The molecule has 1 fully saturated rings. The Morgan fingerprint density at radius 2 is 1.75 bits per heavy atom. The molecule has 1 saturated heterocycles. The molecule has 6 heteroatoms. The first-order valence-corrected chi connectivity index (χ1v) is 3.52. The largest absolute Gasteiger partial charge is 0.394 e. The lowest BCUT2D eigenvalue weighted by molar-refractivity contribution is -0.271. The van der Waals surface area contributed by atoms with Crippen molar-refractivity contribution < 1.29 is 29.6 Å². The van der Waals surface area contributed by atoms with Crippen LogP contribution in [0.3, 0.4) is 0 Å². The predicted octanol–water partition coefficient (Wildman–Crippen LogP) is -2.24. The van der Waals surface area contributed by atoms with Gasteiger partial charge in [-0.25, -0.2) is 4.39 Å². The number of ether oxygens (including phenoxy) is 1. The molecule has 1 aliphatic heterocycles. The van der Waals surface area contributed by atoms with Gasteiger partial charge in [-0.2, -0.15) is 0 Å². The zero-order valence-electron chi connectivity index (χ0n) is 6.17. The Bertz CT molecular complexity index is 150. The second-order valence-electron chi connectivity index (χ2n) is 2.67. The summed E-state index contributed by atoms with van der Waals surface area (Å²) in [4.78, 5) is 0. The monoisotopic (exact) mass is 182 g/mol. The van der Waals surface area contributed by atoms with E-state index in [1.54, 1.807) is 0 Å². The summed E-state index contributed by atoms with van der Waals surface area (Å²) in [6.45, 7) is -0.581. The molecular weight excluding hydrogens is 171 g/mol. The molecule has 5 atom stereocenters. The number of rotatable bonds is 1. The van der Waals surface area contributed by atoms with Crippen LogP contribution >= 0.6 is 0 Å².